The summed E-state index contributed by atoms with van der Waals surface area (Å²) in [5.74, 6) is -0.582. The number of carbonyl (C=O) groups is 1. The van der Waals surface area contributed by atoms with E-state index in [-0.39, 0.29) is 22.8 Å². The molecule has 0 aliphatic heterocycles. The minimum atomic E-state index is -1.97. The van der Waals surface area contributed by atoms with Crippen LogP contribution < -0.4 is 0 Å². The highest BCUT2D eigenvalue weighted by atomic mass is 35.5. The van der Waals surface area contributed by atoms with Crippen molar-refractivity contribution in [3.05, 3.63) is 34.1 Å². The van der Waals surface area contributed by atoms with E-state index in [1.807, 2.05) is 0 Å². The van der Waals surface area contributed by atoms with Crippen molar-refractivity contribution < 1.29 is 13.6 Å². The van der Waals surface area contributed by atoms with Crippen LogP contribution in [0.15, 0.2) is 12.1 Å². The third-order valence-corrected chi connectivity index (χ3v) is 8.56. The molecule has 1 rings (SSSR count). The molecule has 19 heavy (non-hydrogen) atoms. The molecule has 0 spiro atoms. The van der Waals surface area contributed by atoms with Crippen LogP contribution in [0.4, 0.5) is 4.39 Å². The Morgan fingerprint density at radius 1 is 1.37 bits per heavy atom. The third kappa shape index (κ3) is 3.65. The number of hydrogen-bond donors (Lipinski definition) is 0. The lowest BCUT2D eigenvalue weighted by Gasteiger charge is -2.36. The van der Waals surface area contributed by atoms with Crippen molar-refractivity contribution in [2.45, 2.75) is 45.5 Å². The van der Waals surface area contributed by atoms with Gasteiger partial charge in [0.15, 0.2) is 14.6 Å². The lowest BCUT2D eigenvalue weighted by molar-refractivity contribution is 0.111. The second-order valence-corrected chi connectivity index (χ2v) is 11.3. The smallest absolute Gasteiger partial charge is 0.192 e. The third-order valence-electron chi connectivity index (χ3n) is 3.73. The van der Waals surface area contributed by atoms with Crippen molar-refractivity contribution >= 4 is 26.2 Å². The summed E-state index contributed by atoms with van der Waals surface area (Å²) in [6.07, 6.45) is 0.488. The van der Waals surface area contributed by atoms with Gasteiger partial charge in [-0.2, -0.15) is 0 Å². The highest BCUT2D eigenvalue weighted by Gasteiger charge is 2.37. The van der Waals surface area contributed by atoms with E-state index in [1.165, 1.54) is 12.1 Å². The van der Waals surface area contributed by atoms with Crippen molar-refractivity contribution in [3.8, 4) is 0 Å². The largest absolute Gasteiger partial charge is 0.412 e. The van der Waals surface area contributed by atoms with Crippen molar-refractivity contribution in [2.24, 2.45) is 0 Å². The summed E-state index contributed by atoms with van der Waals surface area (Å²) in [6, 6.07) is 2.90. The quantitative estimate of drug-likeness (QED) is 0.589. The molecule has 0 saturated heterocycles. The maximum atomic E-state index is 14.0. The maximum absolute atomic E-state index is 14.0. The first-order valence-electron chi connectivity index (χ1n) is 6.16. The molecule has 0 fully saturated rings. The molecule has 0 aliphatic rings. The first-order valence-corrected chi connectivity index (χ1v) is 9.45. The molecule has 2 nitrogen and oxygen atoms in total. The summed E-state index contributed by atoms with van der Waals surface area (Å²) in [4.78, 5) is 10.7. The van der Waals surface area contributed by atoms with E-state index in [4.69, 9.17) is 16.0 Å². The lowest BCUT2D eigenvalue weighted by atomic mass is 10.1. The molecule has 1 aromatic rings. The van der Waals surface area contributed by atoms with Crippen LogP contribution in [0.25, 0.3) is 0 Å². The summed E-state index contributed by atoms with van der Waals surface area (Å²) in [6.45, 7) is 10.6. The Hall–Kier alpha value is -0.713. The molecule has 0 bridgehead atoms. The van der Waals surface area contributed by atoms with Crippen LogP contribution in [0, 0.1) is 5.82 Å². The number of halogens is 2. The van der Waals surface area contributed by atoms with Crippen LogP contribution in [-0.4, -0.2) is 14.6 Å². The fraction of sp³-hybridized carbons (Fsp3) is 0.500. The van der Waals surface area contributed by atoms with E-state index >= 15 is 0 Å². The van der Waals surface area contributed by atoms with Gasteiger partial charge in [0.2, 0.25) is 0 Å². The van der Waals surface area contributed by atoms with Crippen LogP contribution in [0.2, 0.25) is 23.2 Å². The molecule has 0 amide bonds. The highest BCUT2D eigenvalue weighted by Crippen LogP contribution is 2.37. The fourth-order valence-electron chi connectivity index (χ4n) is 1.31. The Morgan fingerprint density at radius 2 is 1.95 bits per heavy atom. The van der Waals surface area contributed by atoms with Gasteiger partial charge >= 0.3 is 0 Å². The second-order valence-electron chi connectivity index (χ2n) is 6.10. The average Bonchev–Trinajstić information content (AvgIpc) is 2.27. The Kier molecular flexibility index (Phi) is 4.93. The first kappa shape index (κ1) is 16.3. The summed E-state index contributed by atoms with van der Waals surface area (Å²) in [5.41, 5.74) is 0.273. The number of benzene rings is 1. The van der Waals surface area contributed by atoms with Gasteiger partial charge in [0.1, 0.15) is 5.82 Å². The van der Waals surface area contributed by atoms with Gasteiger partial charge in [0.25, 0.3) is 0 Å². The molecule has 106 valence electrons. The predicted molar refractivity (Wildman–Crippen MR) is 78.8 cm³/mol. The van der Waals surface area contributed by atoms with Gasteiger partial charge in [-0.1, -0.05) is 32.4 Å². The Balaban J connectivity index is 2.99. The van der Waals surface area contributed by atoms with Crippen LogP contribution in [0.1, 0.15) is 36.7 Å². The van der Waals surface area contributed by atoms with E-state index in [9.17, 15) is 9.18 Å². The monoisotopic (exact) mass is 302 g/mol. The fourth-order valence-corrected chi connectivity index (χ4v) is 2.45. The van der Waals surface area contributed by atoms with Gasteiger partial charge in [-0.3, -0.25) is 4.79 Å². The molecule has 0 saturated carbocycles. The predicted octanol–water partition coefficient (Wildman–Crippen LogP) is 4.81. The van der Waals surface area contributed by atoms with Gasteiger partial charge < -0.3 is 4.43 Å². The van der Waals surface area contributed by atoms with E-state index in [0.717, 1.165) is 0 Å². The number of carbonyl (C=O) groups excluding carboxylic acids is 1. The van der Waals surface area contributed by atoms with E-state index in [1.54, 1.807) is 0 Å². The van der Waals surface area contributed by atoms with E-state index < -0.39 is 14.1 Å². The molecule has 0 N–H and O–H groups in total. The molecule has 1 aromatic carbocycles. The Morgan fingerprint density at radius 3 is 2.42 bits per heavy atom. The van der Waals surface area contributed by atoms with Gasteiger partial charge in [0, 0.05) is 10.6 Å². The minimum Gasteiger partial charge on any atom is -0.412 e. The molecular weight excluding hydrogens is 283 g/mol. The lowest BCUT2D eigenvalue weighted by Crippen LogP contribution is -2.40. The van der Waals surface area contributed by atoms with Crippen LogP contribution in [0.3, 0.4) is 0 Å². The van der Waals surface area contributed by atoms with Crippen LogP contribution in [0.5, 0.6) is 0 Å². The van der Waals surface area contributed by atoms with Gasteiger partial charge in [-0.15, -0.1) is 0 Å². The first-order chi connectivity index (χ1) is 8.60. The maximum Gasteiger partial charge on any atom is 0.192 e. The zero-order valence-corrected chi connectivity index (χ0v) is 13.8. The Labute approximate surface area is 120 Å². The van der Waals surface area contributed by atoms with E-state index in [0.29, 0.717) is 11.3 Å². The molecule has 0 aromatic heterocycles. The molecular formula is C14H20ClFO2Si. The van der Waals surface area contributed by atoms with Gasteiger partial charge in [-0.25, -0.2) is 4.39 Å². The molecule has 0 atom stereocenters. The van der Waals surface area contributed by atoms with Crippen LogP contribution in [-0.2, 0) is 11.0 Å². The van der Waals surface area contributed by atoms with Crippen molar-refractivity contribution in [2.75, 3.05) is 0 Å². The van der Waals surface area contributed by atoms with Crippen molar-refractivity contribution in [1.29, 1.82) is 0 Å². The number of aldehydes is 1. The molecule has 5 heteroatoms. The van der Waals surface area contributed by atoms with Gasteiger partial charge in [0.05, 0.1) is 12.2 Å². The summed E-state index contributed by atoms with van der Waals surface area (Å²) in [7, 11) is -1.97. The number of rotatable bonds is 4. The highest BCUT2D eigenvalue weighted by molar-refractivity contribution is 6.74. The SMILES string of the molecule is CC(C)(C)[Si](C)(C)OCc1c(Cl)ccc(C=O)c1F. The zero-order chi connectivity index (χ0) is 14.8. The molecule has 0 unspecified atom stereocenters. The van der Waals surface area contributed by atoms with Crippen molar-refractivity contribution in [3.63, 3.8) is 0 Å². The molecule has 0 radical (unpaired) electrons. The second kappa shape index (κ2) is 5.73. The van der Waals surface area contributed by atoms with Crippen LogP contribution >= 0.6 is 11.6 Å². The number of hydrogen-bond acceptors (Lipinski definition) is 2. The zero-order valence-electron chi connectivity index (χ0n) is 12.0. The summed E-state index contributed by atoms with van der Waals surface area (Å²) >= 11 is 5.98. The standard InChI is InChI=1S/C14H20ClFO2Si/c1-14(2,3)19(4,5)18-9-11-12(15)7-6-10(8-17)13(11)16/h6-8H,9H2,1-5H3. The summed E-state index contributed by atoms with van der Waals surface area (Å²) < 4.78 is 20.0. The minimum absolute atomic E-state index is 0.0123. The van der Waals surface area contributed by atoms with E-state index in [2.05, 4.69) is 33.9 Å². The normalized spacial score (nSPS) is 12.6. The summed E-state index contributed by atoms with van der Waals surface area (Å²) in [5, 5.41) is 0.333. The topological polar surface area (TPSA) is 26.3 Å². The molecule has 0 heterocycles. The van der Waals surface area contributed by atoms with Gasteiger partial charge in [-0.05, 0) is 30.3 Å². The van der Waals surface area contributed by atoms with Crippen molar-refractivity contribution in [1.82, 2.24) is 0 Å². The molecule has 0 aliphatic carbocycles. The Bertz CT molecular complexity index is 481. The average molecular weight is 303 g/mol.